The van der Waals surface area contributed by atoms with Gasteiger partial charge in [0.15, 0.2) is 0 Å². The number of hydrogen-bond donors (Lipinski definition) is 0. The molecule has 2 aromatic carbocycles. The SMILES string of the molecule is CCCCCCO/C(C[C@]1(OC)CC[C@H]2[C@@H]3CCc4cc(OC)ccc4[C@H]3CC[C@@]21C)=N/S(=O)(=O)c1ccc(C)cc1. The first kappa shape index (κ1) is 31.1. The molecule has 6 nitrogen and oxygen atoms in total. The molecular weight excluding hydrogens is 546 g/mol. The first-order valence-corrected chi connectivity index (χ1v) is 17.4. The Bertz CT molecular complexity index is 1370. The molecular formula is C35H49NO5S. The van der Waals surface area contributed by atoms with Gasteiger partial charge in [-0.25, -0.2) is 0 Å². The van der Waals surface area contributed by atoms with Gasteiger partial charge < -0.3 is 14.2 Å². The maximum atomic E-state index is 13.5. The molecule has 0 aliphatic heterocycles. The van der Waals surface area contributed by atoms with Crippen LogP contribution in [0.2, 0.25) is 0 Å². The summed E-state index contributed by atoms with van der Waals surface area (Å²) in [6.45, 7) is 6.98. The van der Waals surface area contributed by atoms with Crippen molar-refractivity contribution in [2.45, 2.75) is 108 Å². The van der Waals surface area contributed by atoms with Crippen LogP contribution >= 0.6 is 0 Å². The first-order chi connectivity index (χ1) is 20.2. The van der Waals surface area contributed by atoms with E-state index in [9.17, 15) is 8.42 Å². The van der Waals surface area contributed by atoms with Crippen molar-refractivity contribution in [1.82, 2.24) is 0 Å². The Labute approximate surface area is 253 Å². The van der Waals surface area contributed by atoms with Crippen LogP contribution in [0.5, 0.6) is 5.75 Å². The van der Waals surface area contributed by atoms with Crippen LogP contribution in [0.15, 0.2) is 51.8 Å². The number of nitrogens with zero attached hydrogens (tertiary/aromatic N) is 1. The molecule has 5 rings (SSSR count). The molecule has 42 heavy (non-hydrogen) atoms. The van der Waals surface area contributed by atoms with E-state index >= 15 is 0 Å². The molecule has 0 amide bonds. The lowest BCUT2D eigenvalue weighted by atomic mass is 9.53. The molecule has 0 unspecified atom stereocenters. The van der Waals surface area contributed by atoms with Gasteiger partial charge in [-0.3, -0.25) is 0 Å². The second-order valence-corrected chi connectivity index (χ2v) is 14.6. The number of methoxy groups -OCH3 is 2. The standard InChI is InChI=1S/C35H49NO5S/c1-6-7-8-9-22-41-33(36-42(37,38)28-14-10-25(2)11-15-28)24-35(40-5)21-19-32-31-16-12-26-23-27(39-4)13-17-29(26)30(31)18-20-34(32,35)3/h10-11,13-15,17,23,30-32H,6-9,12,16,18-22,24H2,1-5H3/b36-33+/t30-,31-,32+,34+,35-/m1/s1. The van der Waals surface area contributed by atoms with Crippen LogP contribution in [0.3, 0.4) is 0 Å². The summed E-state index contributed by atoms with van der Waals surface area (Å²) in [7, 11) is -0.372. The minimum atomic E-state index is -3.91. The van der Waals surface area contributed by atoms with E-state index in [1.165, 1.54) is 17.5 Å². The molecule has 5 atom stereocenters. The van der Waals surface area contributed by atoms with E-state index in [0.717, 1.165) is 69.1 Å². The van der Waals surface area contributed by atoms with E-state index in [2.05, 4.69) is 36.4 Å². The number of hydrogen-bond acceptors (Lipinski definition) is 5. The number of rotatable bonds is 11. The monoisotopic (exact) mass is 595 g/mol. The number of sulfonamides is 1. The number of unbranched alkanes of at least 4 members (excludes halogenated alkanes) is 3. The van der Waals surface area contributed by atoms with Crippen molar-refractivity contribution in [2.75, 3.05) is 20.8 Å². The topological polar surface area (TPSA) is 74.2 Å². The number of ether oxygens (including phenoxy) is 3. The first-order valence-electron chi connectivity index (χ1n) is 15.9. The maximum absolute atomic E-state index is 13.5. The molecule has 0 bridgehead atoms. The van der Waals surface area contributed by atoms with Crippen LogP contribution < -0.4 is 4.74 Å². The number of aryl methyl sites for hydroxylation is 2. The molecule has 0 heterocycles. The van der Waals surface area contributed by atoms with Crippen molar-refractivity contribution < 1.29 is 22.6 Å². The quantitative estimate of drug-likeness (QED) is 0.149. The largest absolute Gasteiger partial charge is 0.497 e. The lowest BCUT2D eigenvalue weighted by Gasteiger charge is -2.54. The predicted molar refractivity (Wildman–Crippen MR) is 168 cm³/mol. The summed E-state index contributed by atoms with van der Waals surface area (Å²) in [5.74, 6) is 2.88. The van der Waals surface area contributed by atoms with Gasteiger partial charge in [0, 0.05) is 12.5 Å². The van der Waals surface area contributed by atoms with Crippen LogP contribution in [-0.2, 0) is 25.9 Å². The molecule has 7 heteroatoms. The molecule has 3 aliphatic rings. The third kappa shape index (κ3) is 5.88. The van der Waals surface area contributed by atoms with Crippen molar-refractivity contribution in [1.29, 1.82) is 0 Å². The summed E-state index contributed by atoms with van der Waals surface area (Å²) in [5.41, 5.74) is 3.32. The zero-order valence-electron chi connectivity index (χ0n) is 26.2. The van der Waals surface area contributed by atoms with E-state index in [-0.39, 0.29) is 10.3 Å². The van der Waals surface area contributed by atoms with E-state index < -0.39 is 15.6 Å². The lowest BCUT2D eigenvalue weighted by molar-refractivity contribution is -0.123. The smallest absolute Gasteiger partial charge is 0.285 e. The van der Waals surface area contributed by atoms with Gasteiger partial charge >= 0.3 is 0 Å². The fourth-order valence-corrected chi connectivity index (χ4v) is 9.42. The van der Waals surface area contributed by atoms with Gasteiger partial charge in [0.2, 0.25) is 5.90 Å². The van der Waals surface area contributed by atoms with Gasteiger partial charge in [0.05, 0.1) is 30.6 Å². The van der Waals surface area contributed by atoms with E-state index in [0.29, 0.717) is 36.7 Å². The highest BCUT2D eigenvalue weighted by Gasteiger charge is 2.63. The highest BCUT2D eigenvalue weighted by atomic mass is 32.2. The fraction of sp³-hybridized carbons (Fsp3) is 0.629. The zero-order chi connectivity index (χ0) is 30.0. The summed E-state index contributed by atoms with van der Waals surface area (Å²) in [6.07, 6.45) is 10.9. The lowest BCUT2D eigenvalue weighted by Crippen LogP contribution is -2.53. The highest BCUT2D eigenvalue weighted by molar-refractivity contribution is 7.90. The normalized spacial score (nSPS) is 29.0. The Morgan fingerprint density at radius 3 is 2.50 bits per heavy atom. The molecule has 2 saturated carbocycles. The summed E-state index contributed by atoms with van der Waals surface area (Å²) in [4.78, 5) is 0.195. The molecule has 2 aromatic rings. The molecule has 2 fully saturated rings. The summed E-state index contributed by atoms with van der Waals surface area (Å²) in [5, 5.41) is 0. The van der Waals surface area contributed by atoms with Gasteiger partial charge in [0.25, 0.3) is 10.0 Å². The molecule has 3 aliphatic carbocycles. The Hall–Kier alpha value is -2.38. The van der Waals surface area contributed by atoms with E-state index in [1.54, 1.807) is 26.4 Å². The summed E-state index contributed by atoms with van der Waals surface area (Å²) >= 11 is 0. The van der Waals surface area contributed by atoms with E-state index in [1.807, 2.05) is 19.1 Å². The average molecular weight is 596 g/mol. The Morgan fingerprint density at radius 1 is 1.00 bits per heavy atom. The number of benzene rings is 2. The molecule has 0 radical (unpaired) electrons. The van der Waals surface area contributed by atoms with Crippen molar-refractivity contribution in [2.24, 2.45) is 21.6 Å². The van der Waals surface area contributed by atoms with Crippen molar-refractivity contribution in [3.8, 4) is 5.75 Å². The fourth-order valence-electron chi connectivity index (χ4n) is 8.45. The van der Waals surface area contributed by atoms with Crippen molar-refractivity contribution in [3.05, 3.63) is 59.2 Å². The Kier molecular flexibility index (Phi) is 9.39. The highest BCUT2D eigenvalue weighted by Crippen LogP contribution is 2.66. The minimum Gasteiger partial charge on any atom is -0.497 e. The van der Waals surface area contributed by atoms with Crippen LogP contribution in [-0.4, -0.2) is 40.7 Å². The molecule has 0 aromatic heterocycles. The van der Waals surface area contributed by atoms with Crippen molar-refractivity contribution in [3.63, 3.8) is 0 Å². The van der Waals surface area contributed by atoms with Gasteiger partial charge in [-0.1, -0.05) is 56.9 Å². The van der Waals surface area contributed by atoms with Crippen molar-refractivity contribution >= 4 is 15.9 Å². The summed E-state index contributed by atoms with van der Waals surface area (Å²) in [6, 6.07) is 13.5. The minimum absolute atomic E-state index is 0.0904. The van der Waals surface area contributed by atoms with Gasteiger partial charge in [0.1, 0.15) is 5.75 Å². The molecule has 0 spiro atoms. The molecule has 0 N–H and O–H groups in total. The van der Waals surface area contributed by atoms with E-state index in [4.69, 9.17) is 14.2 Å². The third-order valence-corrected chi connectivity index (χ3v) is 12.2. The third-order valence-electron chi connectivity index (χ3n) is 10.9. The number of fused-ring (bicyclic) bond motifs is 5. The van der Waals surface area contributed by atoms with Crippen LogP contribution in [0.25, 0.3) is 0 Å². The van der Waals surface area contributed by atoms with Gasteiger partial charge in [-0.15, -0.1) is 4.40 Å². The van der Waals surface area contributed by atoms with Gasteiger partial charge in [-0.2, -0.15) is 8.42 Å². The van der Waals surface area contributed by atoms with Crippen LogP contribution in [0.1, 0.15) is 101 Å². The molecule has 230 valence electrons. The Morgan fingerprint density at radius 2 is 1.79 bits per heavy atom. The van der Waals surface area contributed by atoms with Crippen LogP contribution in [0.4, 0.5) is 0 Å². The maximum Gasteiger partial charge on any atom is 0.285 e. The second kappa shape index (κ2) is 12.7. The average Bonchev–Trinajstić information content (AvgIpc) is 3.28. The molecule has 0 saturated heterocycles. The van der Waals surface area contributed by atoms with Crippen LogP contribution in [0, 0.1) is 24.2 Å². The van der Waals surface area contributed by atoms with Gasteiger partial charge in [-0.05, 0) is 105 Å². The predicted octanol–water partition coefficient (Wildman–Crippen LogP) is 8.02. The zero-order valence-corrected chi connectivity index (χ0v) is 27.0. The summed E-state index contributed by atoms with van der Waals surface area (Å²) < 4.78 is 49.5. The Balaban J connectivity index is 1.42. The second-order valence-electron chi connectivity index (χ2n) is 13.0.